The number of hydrogen-bond acceptors (Lipinski definition) is 11. The summed E-state index contributed by atoms with van der Waals surface area (Å²) in [6.07, 6.45) is 3.35. The maximum atomic E-state index is 12.8. The summed E-state index contributed by atoms with van der Waals surface area (Å²) >= 11 is 0. The summed E-state index contributed by atoms with van der Waals surface area (Å²) in [7, 11) is 0. The van der Waals surface area contributed by atoms with Gasteiger partial charge in [0, 0.05) is 18.3 Å². The Balaban J connectivity index is 2.77. The van der Waals surface area contributed by atoms with Crippen molar-refractivity contribution in [2.75, 3.05) is 19.7 Å². The summed E-state index contributed by atoms with van der Waals surface area (Å²) in [6, 6.07) is -6.50. The summed E-state index contributed by atoms with van der Waals surface area (Å²) in [4.78, 5) is 91.7. The predicted molar refractivity (Wildman–Crippen MR) is 148 cm³/mol. The largest absolute Gasteiger partial charge is 0.480 e. The van der Waals surface area contributed by atoms with E-state index in [4.69, 9.17) is 22.3 Å². The Kier molecular flexibility index (Phi) is 15.9. The molecular formula is C24H40N10O9. The lowest BCUT2D eigenvalue weighted by Crippen LogP contribution is -2.57. The molecule has 14 N–H and O–H groups in total. The van der Waals surface area contributed by atoms with Gasteiger partial charge in [0.25, 0.3) is 0 Å². The van der Waals surface area contributed by atoms with Crippen LogP contribution in [-0.4, -0.2) is 111 Å². The number of amides is 6. The van der Waals surface area contributed by atoms with E-state index in [9.17, 15) is 38.7 Å². The van der Waals surface area contributed by atoms with Crippen LogP contribution in [-0.2, 0) is 40.0 Å². The number of hydrogen-bond donors (Lipinski definition) is 11. The summed E-state index contributed by atoms with van der Waals surface area (Å²) < 4.78 is 0. The minimum Gasteiger partial charge on any atom is -0.480 e. The lowest BCUT2D eigenvalue weighted by Gasteiger charge is -2.23. The van der Waals surface area contributed by atoms with Crippen LogP contribution in [0.4, 0.5) is 0 Å². The van der Waals surface area contributed by atoms with Crippen LogP contribution in [0.5, 0.6) is 0 Å². The molecule has 0 saturated carbocycles. The Bertz CT molecular complexity index is 1120. The molecule has 240 valence electrons. The lowest BCUT2D eigenvalue weighted by molar-refractivity contribution is -0.143. The summed E-state index contributed by atoms with van der Waals surface area (Å²) in [6.45, 7) is 0.186. The van der Waals surface area contributed by atoms with Crippen LogP contribution in [0.2, 0.25) is 0 Å². The van der Waals surface area contributed by atoms with Gasteiger partial charge in [-0.05, 0) is 32.7 Å². The van der Waals surface area contributed by atoms with Gasteiger partial charge in [-0.1, -0.05) is 0 Å². The molecule has 0 bridgehead atoms. The van der Waals surface area contributed by atoms with Crippen molar-refractivity contribution in [1.82, 2.24) is 36.6 Å². The Morgan fingerprint density at radius 3 is 2.14 bits per heavy atom. The number of unbranched alkanes of at least 4 members (excludes halogenated alkanes) is 1. The molecular weight excluding hydrogens is 572 g/mol. The van der Waals surface area contributed by atoms with E-state index in [-0.39, 0.29) is 12.8 Å². The Hall–Kier alpha value is -4.62. The fourth-order valence-electron chi connectivity index (χ4n) is 3.58. The summed E-state index contributed by atoms with van der Waals surface area (Å²) in [5.41, 5.74) is 16.6. The standard InChI is InChI=1S/C24H40N10O9/c1-12(20(38)33-16(6-13-8-28-11-30-13)23(41)34-17(10-35)24(42)43)31-19(37)9-29-22(40)15(4-2-3-5-25)32-21(39)14(26)7-18(27)36/h8,11-12,14-17,35H,2-7,9-10,25-26H2,1H3,(H2,27,36)(H,28,30)(H,29,40)(H,31,37)(H,32,39)(H,33,38)(H,34,41)(H,42,43)/t12-,14-,15-,16-,17-/m0/s1. The van der Waals surface area contributed by atoms with Gasteiger partial charge in [0.15, 0.2) is 0 Å². The SMILES string of the molecule is C[C@H](NC(=O)CNC(=O)[C@H](CCCCN)NC(=O)[C@@H](N)CC(N)=O)C(=O)N[C@@H](Cc1cnc[nH]1)C(=O)N[C@@H](CO)C(=O)O. The van der Waals surface area contributed by atoms with Gasteiger partial charge in [-0.3, -0.25) is 28.8 Å². The topological polar surface area (TPSA) is 327 Å². The number of carbonyl (C=O) groups is 7. The third kappa shape index (κ3) is 13.7. The second-order valence-corrected chi connectivity index (χ2v) is 9.55. The highest BCUT2D eigenvalue weighted by Gasteiger charge is 2.29. The molecule has 19 heteroatoms. The first-order valence-electron chi connectivity index (χ1n) is 13.3. The number of carboxylic acid groups (broad SMARTS) is 1. The van der Waals surface area contributed by atoms with Crippen LogP contribution in [0.3, 0.4) is 0 Å². The van der Waals surface area contributed by atoms with Crippen LogP contribution >= 0.6 is 0 Å². The van der Waals surface area contributed by atoms with Crippen molar-refractivity contribution in [3.05, 3.63) is 18.2 Å². The van der Waals surface area contributed by atoms with Crippen LogP contribution in [0.1, 0.15) is 38.3 Å². The number of nitrogens with zero attached hydrogens (tertiary/aromatic N) is 1. The molecule has 0 unspecified atom stereocenters. The average Bonchev–Trinajstić information content (AvgIpc) is 3.46. The van der Waals surface area contributed by atoms with Crippen molar-refractivity contribution in [3.63, 3.8) is 0 Å². The molecule has 1 aromatic rings. The van der Waals surface area contributed by atoms with Crippen LogP contribution in [0, 0.1) is 0 Å². The third-order valence-corrected chi connectivity index (χ3v) is 5.94. The number of aliphatic carboxylic acids is 1. The number of primary amides is 1. The van der Waals surface area contributed by atoms with Gasteiger partial charge in [-0.25, -0.2) is 9.78 Å². The van der Waals surface area contributed by atoms with Gasteiger partial charge in [0.05, 0.1) is 31.9 Å². The highest BCUT2D eigenvalue weighted by molar-refractivity contribution is 5.95. The number of aromatic amines is 1. The first-order chi connectivity index (χ1) is 20.3. The molecule has 1 heterocycles. The second kappa shape index (κ2) is 18.7. The van der Waals surface area contributed by atoms with E-state index in [1.807, 2.05) is 0 Å². The van der Waals surface area contributed by atoms with E-state index >= 15 is 0 Å². The first-order valence-corrected chi connectivity index (χ1v) is 13.3. The Morgan fingerprint density at radius 2 is 1.58 bits per heavy atom. The maximum Gasteiger partial charge on any atom is 0.328 e. The molecule has 0 fully saturated rings. The second-order valence-electron chi connectivity index (χ2n) is 9.55. The van der Waals surface area contributed by atoms with Gasteiger partial charge in [-0.15, -0.1) is 0 Å². The number of carboxylic acids is 1. The average molecular weight is 613 g/mol. The number of nitrogens with one attached hydrogen (secondary N) is 6. The molecule has 5 atom stereocenters. The van der Waals surface area contributed by atoms with E-state index in [0.717, 1.165) is 0 Å². The molecule has 1 rings (SSSR count). The molecule has 43 heavy (non-hydrogen) atoms. The van der Waals surface area contributed by atoms with E-state index in [1.165, 1.54) is 19.4 Å². The van der Waals surface area contributed by atoms with Crippen molar-refractivity contribution >= 4 is 41.4 Å². The van der Waals surface area contributed by atoms with Crippen molar-refractivity contribution in [2.24, 2.45) is 17.2 Å². The number of aliphatic hydroxyl groups is 1. The normalized spacial score (nSPS) is 14.2. The number of aliphatic hydroxyl groups excluding tert-OH is 1. The summed E-state index contributed by atoms with van der Waals surface area (Å²) in [5.74, 6) is -6.31. The zero-order valence-electron chi connectivity index (χ0n) is 23.6. The van der Waals surface area contributed by atoms with Gasteiger partial charge < -0.3 is 59.0 Å². The minimum absolute atomic E-state index is 0.119. The van der Waals surface area contributed by atoms with Gasteiger partial charge in [-0.2, -0.15) is 0 Å². The van der Waals surface area contributed by atoms with Gasteiger partial charge in [0.2, 0.25) is 35.4 Å². The van der Waals surface area contributed by atoms with Crippen molar-refractivity contribution in [1.29, 1.82) is 0 Å². The fraction of sp³-hybridized carbons (Fsp3) is 0.583. The number of aromatic nitrogens is 2. The van der Waals surface area contributed by atoms with Gasteiger partial charge >= 0.3 is 5.97 Å². The molecule has 0 saturated heterocycles. The molecule has 1 aromatic heterocycles. The monoisotopic (exact) mass is 612 g/mol. The minimum atomic E-state index is -1.61. The maximum absolute atomic E-state index is 12.8. The van der Waals surface area contributed by atoms with Crippen molar-refractivity contribution in [3.8, 4) is 0 Å². The van der Waals surface area contributed by atoms with Crippen LogP contribution in [0.15, 0.2) is 12.5 Å². The van der Waals surface area contributed by atoms with Crippen molar-refractivity contribution in [2.45, 2.75) is 69.2 Å². The molecule has 0 spiro atoms. The van der Waals surface area contributed by atoms with Gasteiger partial charge in [0.1, 0.15) is 24.2 Å². The predicted octanol–water partition coefficient (Wildman–Crippen LogP) is -5.56. The molecule has 0 aliphatic rings. The number of rotatable bonds is 20. The van der Waals surface area contributed by atoms with E-state index in [2.05, 4.69) is 36.6 Å². The molecule has 6 amide bonds. The van der Waals surface area contributed by atoms with Crippen LogP contribution < -0.4 is 43.8 Å². The molecule has 0 aliphatic carbocycles. The summed E-state index contributed by atoms with van der Waals surface area (Å²) in [5, 5.41) is 30.0. The highest BCUT2D eigenvalue weighted by Crippen LogP contribution is 2.03. The molecule has 0 aliphatic heterocycles. The number of imidazole rings is 1. The van der Waals surface area contributed by atoms with Crippen molar-refractivity contribution < 1.29 is 43.8 Å². The zero-order valence-corrected chi connectivity index (χ0v) is 23.6. The Morgan fingerprint density at radius 1 is 0.930 bits per heavy atom. The number of H-pyrrole nitrogens is 1. The first kappa shape index (κ1) is 36.4. The van der Waals surface area contributed by atoms with E-state index in [1.54, 1.807) is 0 Å². The number of carbonyl (C=O) groups excluding carboxylic acids is 6. The fourth-order valence-corrected chi connectivity index (χ4v) is 3.58. The number of nitrogens with two attached hydrogens (primary N) is 3. The molecule has 0 aromatic carbocycles. The van der Waals surface area contributed by atoms with Crippen LogP contribution in [0.25, 0.3) is 0 Å². The molecule has 19 nitrogen and oxygen atoms in total. The van der Waals surface area contributed by atoms with E-state index in [0.29, 0.717) is 25.1 Å². The third-order valence-electron chi connectivity index (χ3n) is 5.94. The van der Waals surface area contributed by atoms with E-state index < -0.39 is 91.2 Å². The lowest BCUT2D eigenvalue weighted by atomic mass is 10.1. The smallest absolute Gasteiger partial charge is 0.328 e. The highest BCUT2D eigenvalue weighted by atomic mass is 16.4. The quantitative estimate of drug-likeness (QED) is 0.0614. The zero-order chi connectivity index (χ0) is 32.5. The molecule has 0 radical (unpaired) electrons. The Labute approximate surface area is 246 Å².